The van der Waals surface area contributed by atoms with Crippen LogP contribution in [0.15, 0.2) is 12.1 Å². The number of benzene rings is 1. The quantitative estimate of drug-likeness (QED) is 0.838. The lowest BCUT2D eigenvalue weighted by molar-refractivity contribution is 0.0945. The second-order valence-electron chi connectivity index (χ2n) is 4.09. The molecule has 0 saturated carbocycles. The van der Waals surface area contributed by atoms with Gasteiger partial charge in [0.25, 0.3) is 5.91 Å². The molecule has 0 radical (unpaired) electrons. The number of aliphatic hydroxyl groups excluding tert-OH is 1. The molecule has 0 aliphatic rings. The maximum atomic E-state index is 11.9. The van der Waals surface area contributed by atoms with Gasteiger partial charge >= 0.3 is 0 Å². The van der Waals surface area contributed by atoms with Gasteiger partial charge in [-0.2, -0.15) is 0 Å². The van der Waals surface area contributed by atoms with Crippen molar-refractivity contribution in [2.24, 2.45) is 0 Å². The number of methoxy groups -OCH3 is 2. The van der Waals surface area contributed by atoms with E-state index in [9.17, 15) is 4.79 Å². The highest BCUT2D eigenvalue weighted by atomic mass is 35.5. The minimum Gasteiger partial charge on any atom is -0.493 e. The first-order valence-electron chi connectivity index (χ1n) is 5.87. The zero-order chi connectivity index (χ0) is 14.4. The minimum absolute atomic E-state index is 0.275. The highest BCUT2D eigenvalue weighted by molar-refractivity contribution is 6.32. The molecule has 106 valence electrons. The number of rotatable bonds is 6. The summed E-state index contributed by atoms with van der Waals surface area (Å²) in [5.74, 6) is 0.517. The largest absolute Gasteiger partial charge is 0.493 e. The van der Waals surface area contributed by atoms with E-state index in [-0.39, 0.29) is 5.91 Å². The Labute approximate surface area is 117 Å². The molecule has 0 aliphatic carbocycles. The molecule has 0 bridgehead atoms. The van der Waals surface area contributed by atoms with Gasteiger partial charge in [0.15, 0.2) is 11.5 Å². The Hall–Kier alpha value is -1.46. The molecular weight excluding hydrogens is 270 g/mol. The smallest absolute Gasteiger partial charge is 0.251 e. The van der Waals surface area contributed by atoms with Crippen molar-refractivity contribution in [3.8, 4) is 11.5 Å². The topological polar surface area (TPSA) is 67.8 Å². The predicted octanol–water partition coefficient (Wildman–Crippen LogP) is 1.86. The lowest BCUT2D eigenvalue weighted by Gasteiger charge is -2.12. The van der Waals surface area contributed by atoms with Crippen LogP contribution in [0.5, 0.6) is 11.5 Å². The second-order valence-corrected chi connectivity index (χ2v) is 4.49. The zero-order valence-electron chi connectivity index (χ0n) is 11.2. The predicted molar refractivity (Wildman–Crippen MR) is 73.2 cm³/mol. The van der Waals surface area contributed by atoms with Crippen molar-refractivity contribution in [2.75, 3.05) is 20.8 Å². The molecule has 5 nitrogen and oxygen atoms in total. The second kappa shape index (κ2) is 7.21. The Bertz CT molecular complexity index is 449. The standard InChI is InChI=1S/C13H18ClNO4/c1-8(16)4-5-15-13(17)9-6-10(14)12(19-3)11(7-9)18-2/h6-8,16H,4-5H2,1-3H3,(H,15,17). The molecule has 19 heavy (non-hydrogen) atoms. The lowest BCUT2D eigenvalue weighted by Crippen LogP contribution is -2.26. The maximum absolute atomic E-state index is 11.9. The molecule has 0 aliphatic heterocycles. The van der Waals surface area contributed by atoms with Crippen LogP contribution in [0.2, 0.25) is 5.02 Å². The number of hydrogen-bond acceptors (Lipinski definition) is 4. The zero-order valence-corrected chi connectivity index (χ0v) is 12.0. The number of ether oxygens (including phenoxy) is 2. The highest BCUT2D eigenvalue weighted by Gasteiger charge is 2.15. The van der Waals surface area contributed by atoms with Crippen LogP contribution in [-0.4, -0.2) is 37.9 Å². The fourth-order valence-corrected chi connectivity index (χ4v) is 1.83. The van der Waals surface area contributed by atoms with Crippen molar-refractivity contribution in [1.82, 2.24) is 5.32 Å². The van der Waals surface area contributed by atoms with Crippen LogP contribution in [0, 0.1) is 0 Å². The molecule has 6 heteroatoms. The Morgan fingerprint density at radius 3 is 2.63 bits per heavy atom. The molecule has 1 atom stereocenters. The molecule has 1 unspecified atom stereocenters. The third-order valence-corrected chi connectivity index (χ3v) is 2.82. The summed E-state index contributed by atoms with van der Waals surface area (Å²) in [6, 6.07) is 3.07. The van der Waals surface area contributed by atoms with Gasteiger partial charge in [-0.3, -0.25) is 4.79 Å². The first kappa shape index (κ1) is 15.6. The van der Waals surface area contributed by atoms with E-state index in [1.807, 2.05) is 0 Å². The first-order chi connectivity index (χ1) is 8.99. The van der Waals surface area contributed by atoms with Gasteiger partial charge in [0.2, 0.25) is 0 Å². The minimum atomic E-state index is -0.450. The van der Waals surface area contributed by atoms with Gasteiger partial charge in [0, 0.05) is 12.1 Å². The van der Waals surface area contributed by atoms with Crippen LogP contribution in [0.25, 0.3) is 0 Å². The number of halogens is 1. The molecule has 1 aromatic carbocycles. The summed E-state index contributed by atoms with van der Waals surface area (Å²) in [4.78, 5) is 11.9. The van der Waals surface area contributed by atoms with Gasteiger partial charge in [-0.1, -0.05) is 11.6 Å². The molecular formula is C13H18ClNO4. The number of carbonyl (C=O) groups excluding carboxylic acids is 1. The highest BCUT2D eigenvalue weighted by Crippen LogP contribution is 2.35. The summed E-state index contributed by atoms with van der Waals surface area (Å²) in [6.45, 7) is 2.06. The van der Waals surface area contributed by atoms with E-state index in [0.29, 0.717) is 35.1 Å². The third-order valence-electron chi connectivity index (χ3n) is 2.54. The fourth-order valence-electron chi connectivity index (χ4n) is 1.55. The van der Waals surface area contributed by atoms with E-state index in [1.54, 1.807) is 13.0 Å². The van der Waals surface area contributed by atoms with Crippen LogP contribution in [-0.2, 0) is 0 Å². The SMILES string of the molecule is COc1cc(C(=O)NCCC(C)O)cc(Cl)c1OC. The van der Waals surface area contributed by atoms with E-state index in [2.05, 4.69) is 5.32 Å². The third kappa shape index (κ3) is 4.29. The van der Waals surface area contributed by atoms with Crippen molar-refractivity contribution in [3.63, 3.8) is 0 Å². The van der Waals surface area contributed by atoms with E-state index >= 15 is 0 Å². The van der Waals surface area contributed by atoms with Crippen LogP contribution < -0.4 is 14.8 Å². The monoisotopic (exact) mass is 287 g/mol. The van der Waals surface area contributed by atoms with Crippen molar-refractivity contribution in [3.05, 3.63) is 22.7 Å². The number of carbonyl (C=O) groups is 1. The van der Waals surface area contributed by atoms with Gasteiger partial charge < -0.3 is 19.9 Å². The Morgan fingerprint density at radius 2 is 2.11 bits per heavy atom. The lowest BCUT2D eigenvalue weighted by atomic mass is 10.2. The number of amides is 1. The van der Waals surface area contributed by atoms with Crippen molar-refractivity contribution < 1.29 is 19.4 Å². The Kier molecular flexibility index (Phi) is 5.92. The van der Waals surface area contributed by atoms with E-state index in [0.717, 1.165) is 0 Å². The maximum Gasteiger partial charge on any atom is 0.251 e. The Balaban J connectivity index is 2.83. The molecule has 0 fully saturated rings. The van der Waals surface area contributed by atoms with Crippen LogP contribution in [0.4, 0.5) is 0 Å². The van der Waals surface area contributed by atoms with Crippen LogP contribution in [0.1, 0.15) is 23.7 Å². The average molecular weight is 288 g/mol. The van der Waals surface area contributed by atoms with E-state index in [1.165, 1.54) is 20.3 Å². The van der Waals surface area contributed by atoms with Gasteiger partial charge in [-0.15, -0.1) is 0 Å². The number of nitrogens with one attached hydrogen (secondary N) is 1. The summed E-state index contributed by atoms with van der Waals surface area (Å²) in [7, 11) is 2.95. The Morgan fingerprint density at radius 1 is 1.42 bits per heavy atom. The van der Waals surface area contributed by atoms with E-state index in [4.69, 9.17) is 26.2 Å². The molecule has 0 aromatic heterocycles. The fraction of sp³-hybridized carbons (Fsp3) is 0.462. The summed E-state index contributed by atoms with van der Waals surface area (Å²) in [6.07, 6.45) is 0.0431. The summed E-state index contributed by atoms with van der Waals surface area (Å²) in [5.41, 5.74) is 0.383. The molecule has 2 N–H and O–H groups in total. The van der Waals surface area contributed by atoms with E-state index < -0.39 is 6.10 Å². The van der Waals surface area contributed by atoms with Crippen molar-refractivity contribution in [1.29, 1.82) is 0 Å². The summed E-state index contributed by atoms with van der Waals surface area (Å²) < 4.78 is 10.2. The molecule has 1 amide bonds. The first-order valence-corrected chi connectivity index (χ1v) is 6.25. The molecule has 0 saturated heterocycles. The number of aliphatic hydroxyl groups is 1. The average Bonchev–Trinajstić information content (AvgIpc) is 2.37. The molecule has 1 aromatic rings. The van der Waals surface area contributed by atoms with Crippen molar-refractivity contribution in [2.45, 2.75) is 19.4 Å². The van der Waals surface area contributed by atoms with Gasteiger partial charge in [0.1, 0.15) is 0 Å². The van der Waals surface area contributed by atoms with Crippen LogP contribution in [0.3, 0.4) is 0 Å². The number of hydrogen-bond donors (Lipinski definition) is 2. The van der Waals surface area contributed by atoms with Crippen LogP contribution >= 0.6 is 11.6 Å². The molecule has 1 rings (SSSR count). The normalized spacial score (nSPS) is 11.8. The van der Waals surface area contributed by atoms with Gasteiger partial charge in [-0.25, -0.2) is 0 Å². The van der Waals surface area contributed by atoms with Gasteiger partial charge in [0.05, 0.1) is 25.3 Å². The van der Waals surface area contributed by atoms with Gasteiger partial charge in [-0.05, 0) is 25.5 Å². The molecule has 0 heterocycles. The van der Waals surface area contributed by atoms with Crippen molar-refractivity contribution >= 4 is 17.5 Å². The summed E-state index contributed by atoms with van der Waals surface area (Å²) >= 11 is 6.02. The summed E-state index contributed by atoms with van der Waals surface area (Å²) in [5, 5.41) is 12.1. The molecule has 0 spiro atoms.